The van der Waals surface area contributed by atoms with E-state index < -0.39 is 6.16 Å². The van der Waals surface area contributed by atoms with Gasteiger partial charge < -0.3 is 85.3 Å². The number of hydrogen-bond acceptors (Lipinski definition) is 23. The molecule has 0 atom stereocenters. The average molecular weight is 989 g/mol. The molecule has 0 N–H and O–H groups in total. The summed E-state index contributed by atoms with van der Waals surface area (Å²) in [5.41, 5.74) is 0. The van der Waals surface area contributed by atoms with Crippen molar-refractivity contribution in [3.63, 3.8) is 0 Å². The van der Waals surface area contributed by atoms with Crippen molar-refractivity contribution in [2.24, 2.45) is 0 Å². The smallest absolute Gasteiger partial charge is 0.432 e. The lowest BCUT2D eigenvalue weighted by molar-refractivity contribution is -0.146. The van der Waals surface area contributed by atoms with Crippen LogP contribution in [-0.4, -0.2) is 264 Å². The quantitative estimate of drug-likeness (QED) is 0.0427. The molecule has 2 heterocycles. The Balaban J connectivity index is 1.13. The lowest BCUT2D eigenvalue weighted by Crippen LogP contribution is -2.32. The maximum Gasteiger partial charge on any atom is 0.508 e. The molecule has 0 radical (unpaired) electrons. The molecule has 2 rings (SSSR count). The highest BCUT2D eigenvalue weighted by atomic mass is 16.7. The van der Waals surface area contributed by atoms with E-state index in [4.69, 9.17) is 85.3 Å². The van der Waals surface area contributed by atoms with Gasteiger partial charge in [-0.05, 0) is 0 Å². The van der Waals surface area contributed by atoms with E-state index in [1.165, 1.54) is 0 Å². The fourth-order valence-electron chi connectivity index (χ4n) is 5.33. The molecule has 0 saturated carbocycles. The van der Waals surface area contributed by atoms with Crippen LogP contribution in [0.25, 0.3) is 0 Å². The Bertz CT molecular complexity index is 1130. The molecule has 396 valence electrons. The number of carbonyl (C=O) groups excluding carboxylic acids is 5. The summed E-state index contributed by atoms with van der Waals surface area (Å²) in [6.07, 6.45) is 0.200. The van der Waals surface area contributed by atoms with Crippen molar-refractivity contribution in [1.29, 1.82) is 0 Å². The van der Waals surface area contributed by atoms with Gasteiger partial charge in [-0.2, -0.15) is 0 Å². The van der Waals surface area contributed by atoms with Crippen LogP contribution in [0.1, 0.15) is 25.7 Å². The first-order valence-corrected chi connectivity index (χ1v) is 23.2. The van der Waals surface area contributed by atoms with Gasteiger partial charge in [0.15, 0.2) is 0 Å². The first-order valence-electron chi connectivity index (χ1n) is 23.2. The predicted molar refractivity (Wildman–Crippen MR) is 233 cm³/mol. The van der Waals surface area contributed by atoms with E-state index in [1.807, 2.05) is 0 Å². The maximum atomic E-state index is 11.7. The molecule has 2 saturated heterocycles. The first-order chi connectivity index (χ1) is 33.5. The van der Waals surface area contributed by atoms with E-state index in [2.05, 4.69) is 0 Å². The van der Waals surface area contributed by atoms with E-state index in [-0.39, 0.29) is 102 Å². The highest BCUT2D eigenvalue weighted by Crippen LogP contribution is 2.11. The van der Waals surface area contributed by atoms with Crippen molar-refractivity contribution in [1.82, 2.24) is 9.80 Å². The molecule has 4 amide bonds. The molecule has 0 bridgehead atoms. The second kappa shape index (κ2) is 46.3. The molecule has 0 unspecified atom stereocenters. The summed E-state index contributed by atoms with van der Waals surface area (Å²) in [5, 5.41) is 0. The normalized spacial score (nSPS) is 14.1. The molecule has 0 aliphatic carbocycles. The standard InChI is InChI=1S/C43H76N2O23/c46-39-1-2-40(47)44(39)37-65-31-29-61-23-21-57-15-13-53-7-5-51-9-11-55-17-19-59-25-27-63-33-35-67-43(50)68-36-34-64-28-26-60-20-18-56-12-10-52-6-8-54-14-16-58-22-24-62-30-32-66-38-45-41(48)3-4-42(45)49/h1-38H2. The minimum Gasteiger partial charge on any atom is -0.432 e. The predicted octanol–water partition coefficient (Wildman–Crippen LogP) is -0.382. The minimum absolute atomic E-state index is 0.0299. The van der Waals surface area contributed by atoms with Crippen LogP contribution in [0.15, 0.2) is 0 Å². The number of nitrogens with zero attached hydrogens (tertiary/aromatic N) is 2. The van der Waals surface area contributed by atoms with E-state index in [0.29, 0.717) is 172 Å². The van der Waals surface area contributed by atoms with Crippen LogP contribution in [0, 0.1) is 0 Å². The Morgan fingerprint density at radius 3 is 0.574 bits per heavy atom. The largest absolute Gasteiger partial charge is 0.508 e. The van der Waals surface area contributed by atoms with Gasteiger partial charge in [0.2, 0.25) is 23.6 Å². The van der Waals surface area contributed by atoms with Crippen molar-refractivity contribution in [2.45, 2.75) is 25.7 Å². The Morgan fingerprint density at radius 1 is 0.250 bits per heavy atom. The lowest BCUT2D eigenvalue weighted by Gasteiger charge is -2.13. The van der Waals surface area contributed by atoms with Crippen LogP contribution in [0.5, 0.6) is 0 Å². The van der Waals surface area contributed by atoms with Crippen molar-refractivity contribution < 1.29 is 109 Å². The molecule has 25 heteroatoms. The van der Waals surface area contributed by atoms with Gasteiger partial charge in [0, 0.05) is 25.7 Å². The minimum atomic E-state index is -0.801. The van der Waals surface area contributed by atoms with E-state index in [1.54, 1.807) is 0 Å². The third-order valence-electron chi connectivity index (χ3n) is 8.85. The summed E-state index contributed by atoms with van der Waals surface area (Å²) in [6, 6.07) is 0. The zero-order valence-corrected chi connectivity index (χ0v) is 39.7. The molecule has 2 fully saturated rings. The molecule has 0 spiro atoms. The van der Waals surface area contributed by atoms with Gasteiger partial charge >= 0.3 is 6.16 Å². The molecule has 2 aliphatic heterocycles. The molecule has 25 nitrogen and oxygen atoms in total. The van der Waals surface area contributed by atoms with Crippen LogP contribution in [0.4, 0.5) is 4.79 Å². The van der Waals surface area contributed by atoms with Crippen LogP contribution in [0.3, 0.4) is 0 Å². The first kappa shape index (κ1) is 61.0. The summed E-state index contributed by atoms with van der Waals surface area (Å²) in [7, 11) is 0. The van der Waals surface area contributed by atoms with Gasteiger partial charge in [-0.25, -0.2) is 4.79 Å². The van der Waals surface area contributed by atoms with Crippen molar-refractivity contribution >= 4 is 29.8 Å². The van der Waals surface area contributed by atoms with Crippen LogP contribution in [-0.2, 0) is 104 Å². The second-order valence-electron chi connectivity index (χ2n) is 14.0. The van der Waals surface area contributed by atoms with Crippen molar-refractivity contribution in [3.8, 4) is 0 Å². The third kappa shape index (κ3) is 36.8. The molecule has 0 aromatic carbocycles. The van der Waals surface area contributed by atoms with E-state index in [9.17, 15) is 24.0 Å². The molecule has 68 heavy (non-hydrogen) atoms. The van der Waals surface area contributed by atoms with Gasteiger partial charge in [-0.3, -0.25) is 29.0 Å². The lowest BCUT2D eigenvalue weighted by atomic mass is 10.4. The number of amides is 4. The maximum absolute atomic E-state index is 11.7. The number of imide groups is 2. The molecular weight excluding hydrogens is 912 g/mol. The number of likely N-dealkylation sites (tertiary alicyclic amines) is 2. The van der Waals surface area contributed by atoms with Gasteiger partial charge in [-0.15, -0.1) is 0 Å². The fourth-order valence-corrected chi connectivity index (χ4v) is 5.33. The fraction of sp³-hybridized carbons (Fsp3) is 0.884. The summed E-state index contributed by atoms with van der Waals surface area (Å²) >= 11 is 0. The Hall–Kier alpha value is -3.09. The zero-order valence-electron chi connectivity index (χ0n) is 39.7. The van der Waals surface area contributed by atoms with Gasteiger partial charge in [-0.1, -0.05) is 0 Å². The molecular formula is C43H76N2O23. The number of carbonyl (C=O) groups is 5. The van der Waals surface area contributed by atoms with Gasteiger partial charge in [0.1, 0.15) is 26.7 Å². The SMILES string of the molecule is O=C(OCCOCCOCCOCCOCCOCCOCCOCCOCN1C(=O)CCC1=O)OCCOCCOCCOCCOCCOCCOCCOCCOCN1C(=O)CCC1=O. The number of ether oxygens (including phenoxy) is 18. The number of rotatable bonds is 52. The van der Waals surface area contributed by atoms with Crippen molar-refractivity contribution in [3.05, 3.63) is 0 Å². The van der Waals surface area contributed by atoms with Crippen molar-refractivity contribution in [2.75, 3.05) is 225 Å². The Kier molecular flexibility index (Phi) is 41.6. The summed E-state index contributed by atoms with van der Waals surface area (Å²) < 4.78 is 96.5. The van der Waals surface area contributed by atoms with Gasteiger partial charge in [0.05, 0.1) is 198 Å². The highest BCUT2D eigenvalue weighted by molar-refractivity contribution is 6.02. The zero-order chi connectivity index (χ0) is 48.6. The second-order valence-corrected chi connectivity index (χ2v) is 14.0. The monoisotopic (exact) mass is 988 g/mol. The highest BCUT2D eigenvalue weighted by Gasteiger charge is 2.29. The summed E-state index contributed by atoms with van der Waals surface area (Å²) in [5.74, 6) is -0.808. The van der Waals surface area contributed by atoms with Crippen LogP contribution in [0.2, 0.25) is 0 Å². The summed E-state index contributed by atoms with van der Waals surface area (Å²) in [4.78, 5) is 59.8. The third-order valence-corrected chi connectivity index (χ3v) is 8.85. The Morgan fingerprint density at radius 2 is 0.397 bits per heavy atom. The van der Waals surface area contributed by atoms with Crippen LogP contribution < -0.4 is 0 Å². The van der Waals surface area contributed by atoms with Gasteiger partial charge in [0.25, 0.3) is 0 Å². The Labute approximate surface area is 398 Å². The summed E-state index contributed by atoms with van der Waals surface area (Å²) in [6.45, 7) is 11.7. The van der Waals surface area contributed by atoms with E-state index >= 15 is 0 Å². The molecule has 2 aliphatic rings. The number of hydrogen-bond donors (Lipinski definition) is 0. The molecule has 0 aromatic heterocycles. The van der Waals surface area contributed by atoms with Crippen LogP contribution >= 0.6 is 0 Å². The molecule has 0 aromatic rings. The average Bonchev–Trinajstić information content (AvgIpc) is 3.84. The van der Waals surface area contributed by atoms with E-state index in [0.717, 1.165) is 9.80 Å². The topological polar surface area (TPSA) is 258 Å².